The van der Waals surface area contributed by atoms with Crippen molar-refractivity contribution in [2.24, 2.45) is 5.92 Å². The van der Waals surface area contributed by atoms with E-state index in [4.69, 9.17) is 9.15 Å². The Balaban J connectivity index is 1.17. The maximum atomic E-state index is 12.7. The van der Waals surface area contributed by atoms with Crippen LogP contribution in [0.5, 0.6) is 0 Å². The van der Waals surface area contributed by atoms with Crippen molar-refractivity contribution in [1.82, 2.24) is 9.88 Å². The Morgan fingerprint density at radius 3 is 2.48 bits per heavy atom. The van der Waals surface area contributed by atoms with E-state index in [1.807, 2.05) is 53.4 Å². The zero-order valence-electron chi connectivity index (χ0n) is 17.3. The van der Waals surface area contributed by atoms with E-state index in [1.54, 1.807) is 0 Å². The average Bonchev–Trinajstić information content (AvgIpc) is 3.49. The fraction of sp³-hybridized carbons (Fsp3) is 0.375. The molecule has 1 N–H and O–H groups in total. The summed E-state index contributed by atoms with van der Waals surface area (Å²) < 4.78 is 11.3. The third-order valence-electron chi connectivity index (χ3n) is 6.08. The lowest BCUT2D eigenvalue weighted by molar-refractivity contribution is -0.143. The number of likely N-dealkylation sites (tertiary alicyclic amines) is 1. The number of nitrogens with one attached hydrogen (secondary N) is 1. The van der Waals surface area contributed by atoms with Crippen molar-refractivity contribution in [3.05, 3.63) is 48.5 Å². The molecule has 1 unspecified atom stereocenters. The molecule has 0 saturated carbocycles. The van der Waals surface area contributed by atoms with Crippen LogP contribution in [0.2, 0.25) is 0 Å². The first kappa shape index (κ1) is 19.8. The maximum absolute atomic E-state index is 12.7. The Hall–Kier alpha value is -3.19. The number of carbonyl (C=O) groups excluding carboxylic acids is 2. The quantitative estimate of drug-likeness (QED) is 0.694. The molecule has 3 aromatic rings. The number of rotatable bonds is 4. The standard InChI is InChI=1S/C24H25N3O4/c28-22(16-11-13-27(14-12-16)24(29)21-6-3-15-30-21)25-18-9-7-17(8-10-18)23-26-19-4-1-2-5-20(19)31-23/h1-2,4-5,7-10,16,21H,3,6,11-15H2,(H,25,28). The second-order valence-corrected chi connectivity index (χ2v) is 8.15. The van der Waals surface area contributed by atoms with Crippen molar-refractivity contribution in [2.75, 3.05) is 25.0 Å². The first-order chi connectivity index (χ1) is 15.2. The van der Waals surface area contributed by atoms with Crippen molar-refractivity contribution < 1.29 is 18.7 Å². The number of carbonyl (C=O) groups is 2. The normalized spacial score (nSPS) is 19.6. The van der Waals surface area contributed by atoms with Crippen molar-refractivity contribution >= 4 is 28.6 Å². The molecule has 1 atom stereocenters. The third kappa shape index (κ3) is 4.18. The molecule has 0 bridgehead atoms. The van der Waals surface area contributed by atoms with Gasteiger partial charge in [-0.25, -0.2) is 4.98 Å². The highest BCUT2D eigenvalue weighted by atomic mass is 16.5. The minimum Gasteiger partial charge on any atom is -0.436 e. The number of hydrogen-bond donors (Lipinski definition) is 1. The molecule has 2 amide bonds. The Morgan fingerprint density at radius 2 is 1.77 bits per heavy atom. The van der Waals surface area contributed by atoms with Crippen molar-refractivity contribution in [2.45, 2.75) is 31.8 Å². The molecule has 160 valence electrons. The number of piperidine rings is 1. The van der Waals surface area contributed by atoms with Gasteiger partial charge in [-0.2, -0.15) is 0 Å². The molecule has 3 heterocycles. The summed E-state index contributed by atoms with van der Waals surface area (Å²) in [4.78, 5) is 31.5. The number of nitrogens with zero attached hydrogens (tertiary/aromatic N) is 2. The average molecular weight is 419 g/mol. The van der Waals surface area contributed by atoms with E-state index in [-0.39, 0.29) is 23.8 Å². The number of hydrogen-bond acceptors (Lipinski definition) is 5. The van der Waals surface area contributed by atoms with E-state index >= 15 is 0 Å². The van der Waals surface area contributed by atoms with Gasteiger partial charge in [0.15, 0.2) is 5.58 Å². The van der Waals surface area contributed by atoms with Crippen molar-refractivity contribution in [3.8, 4) is 11.5 Å². The number of fused-ring (bicyclic) bond motifs is 1. The molecule has 2 saturated heterocycles. The molecule has 0 aliphatic carbocycles. The molecule has 0 radical (unpaired) electrons. The molecule has 7 nitrogen and oxygen atoms in total. The number of anilines is 1. The van der Waals surface area contributed by atoms with E-state index in [0.29, 0.717) is 38.4 Å². The van der Waals surface area contributed by atoms with E-state index < -0.39 is 0 Å². The minimum absolute atomic E-state index is 0.00109. The Labute approximate surface area is 180 Å². The Bertz CT molecular complexity index is 1040. The lowest BCUT2D eigenvalue weighted by Gasteiger charge is -2.32. The highest BCUT2D eigenvalue weighted by molar-refractivity contribution is 5.93. The molecule has 2 aromatic carbocycles. The van der Waals surface area contributed by atoms with Crippen molar-refractivity contribution in [3.63, 3.8) is 0 Å². The van der Waals surface area contributed by atoms with E-state index in [0.717, 1.165) is 35.2 Å². The molecule has 7 heteroatoms. The first-order valence-electron chi connectivity index (χ1n) is 10.8. The van der Waals surface area contributed by atoms with Gasteiger partial charge in [0.25, 0.3) is 5.91 Å². The molecule has 2 aliphatic rings. The van der Waals surface area contributed by atoms with Crippen LogP contribution < -0.4 is 5.32 Å². The van der Waals surface area contributed by atoms with E-state index in [9.17, 15) is 9.59 Å². The van der Waals surface area contributed by atoms with Crippen LogP contribution in [0.1, 0.15) is 25.7 Å². The van der Waals surface area contributed by atoms with Crippen LogP contribution in [0, 0.1) is 5.92 Å². The second-order valence-electron chi connectivity index (χ2n) is 8.15. The SMILES string of the molecule is O=C(Nc1ccc(-c2nc3ccccc3o2)cc1)C1CCN(C(=O)C2CCCO2)CC1. The molecule has 2 aliphatic heterocycles. The maximum Gasteiger partial charge on any atom is 0.251 e. The van der Waals surface area contributed by atoms with Crippen molar-refractivity contribution in [1.29, 1.82) is 0 Å². The van der Waals surface area contributed by atoms with Crippen LogP contribution in [0.4, 0.5) is 5.69 Å². The van der Waals surface area contributed by atoms with Gasteiger partial charge in [-0.1, -0.05) is 12.1 Å². The van der Waals surface area contributed by atoms with E-state index in [1.165, 1.54) is 0 Å². The van der Waals surface area contributed by atoms with Crippen LogP contribution in [0.25, 0.3) is 22.6 Å². The number of benzene rings is 2. The highest BCUT2D eigenvalue weighted by Gasteiger charge is 2.32. The number of amides is 2. The highest BCUT2D eigenvalue weighted by Crippen LogP contribution is 2.26. The molecule has 2 fully saturated rings. The number of ether oxygens (including phenoxy) is 1. The zero-order valence-corrected chi connectivity index (χ0v) is 17.3. The van der Waals surface area contributed by atoms with Gasteiger partial charge in [0.05, 0.1) is 0 Å². The third-order valence-corrected chi connectivity index (χ3v) is 6.08. The predicted octanol–water partition coefficient (Wildman–Crippen LogP) is 3.85. The number of aromatic nitrogens is 1. The summed E-state index contributed by atoms with van der Waals surface area (Å²) in [5.41, 5.74) is 3.16. The lowest BCUT2D eigenvalue weighted by atomic mass is 9.95. The molecule has 1 aromatic heterocycles. The van der Waals surface area contributed by atoms with Gasteiger partial charge >= 0.3 is 0 Å². The summed E-state index contributed by atoms with van der Waals surface area (Å²) in [6.45, 7) is 1.88. The summed E-state index contributed by atoms with van der Waals surface area (Å²) in [5, 5.41) is 3.00. The Morgan fingerprint density at radius 1 is 1.00 bits per heavy atom. The summed E-state index contributed by atoms with van der Waals surface area (Å²) in [6, 6.07) is 15.1. The second kappa shape index (κ2) is 8.51. The zero-order chi connectivity index (χ0) is 21.2. The largest absolute Gasteiger partial charge is 0.436 e. The van der Waals surface area contributed by atoms with Gasteiger partial charge in [0.1, 0.15) is 11.6 Å². The van der Waals surface area contributed by atoms with Crippen LogP contribution in [0.15, 0.2) is 52.9 Å². The number of oxazole rings is 1. The summed E-state index contributed by atoms with van der Waals surface area (Å²) >= 11 is 0. The summed E-state index contributed by atoms with van der Waals surface area (Å²) in [7, 11) is 0. The van der Waals surface area contributed by atoms with Gasteiger partial charge in [-0.3, -0.25) is 9.59 Å². The van der Waals surface area contributed by atoms with E-state index in [2.05, 4.69) is 10.3 Å². The molecular formula is C24H25N3O4. The van der Waals surface area contributed by atoms with Crippen LogP contribution in [-0.2, 0) is 14.3 Å². The summed E-state index contributed by atoms with van der Waals surface area (Å²) in [5.74, 6) is 0.539. The van der Waals surface area contributed by atoms with Gasteiger partial charge in [0, 0.05) is 36.9 Å². The molecule has 0 spiro atoms. The Kier molecular flexibility index (Phi) is 5.42. The van der Waals surface area contributed by atoms with Crippen LogP contribution in [0.3, 0.4) is 0 Å². The van der Waals surface area contributed by atoms with Gasteiger partial charge in [-0.15, -0.1) is 0 Å². The molecule has 5 rings (SSSR count). The first-order valence-corrected chi connectivity index (χ1v) is 10.8. The fourth-order valence-corrected chi connectivity index (χ4v) is 4.27. The van der Waals surface area contributed by atoms with Crippen LogP contribution >= 0.6 is 0 Å². The van der Waals surface area contributed by atoms with Gasteiger partial charge < -0.3 is 19.4 Å². The van der Waals surface area contributed by atoms with Crippen LogP contribution in [-0.4, -0.2) is 47.5 Å². The monoisotopic (exact) mass is 419 g/mol. The lowest BCUT2D eigenvalue weighted by Crippen LogP contribution is -2.45. The topological polar surface area (TPSA) is 84.7 Å². The summed E-state index contributed by atoms with van der Waals surface area (Å²) in [6.07, 6.45) is 2.81. The fourth-order valence-electron chi connectivity index (χ4n) is 4.27. The van der Waals surface area contributed by atoms with Gasteiger partial charge in [0.2, 0.25) is 11.8 Å². The smallest absolute Gasteiger partial charge is 0.251 e. The molecular weight excluding hydrogens is 394 g/mol. The molecule has 31 heavy (non-hydrogen) atoms. The minimum atomic E-state index is -0.287. The van der Waals surface area contributed by atoms with Gasteiger partial charge in [-0.05, 0) is 62.1 Å². The predicted molar refractivity (Wildman–Crippen MR) is 116 cm³/mol. The number of para-hydroxylation sites is 2.